The Morgan fingerprint density at radius 3 is 2.05 bits per heavy atom. The summed E-state index contributed by atoms with van der Waals surface area (Å²) in [4.78, 5) is 47.7. The fourth-order valence-electron chi connectivity index (χ4n) is 2.32. The van der Waals surface area contributed by atoms with E-state index in [1.54, 1.807) is 24.3 Å². The summed E-state index contributed by atoms with van der Waals surface area (Å²) in [6.45, 7) is 1.68. The molecule has 5 nitrogen and oxygen atoms in total. The molecule has 110 valence electrons. The van der Waals surface area contributed by atoms with E-state index >= 15 is 0 Å². The van der Waals surface area contributed by atoms with Crippen molar-refractivity contribution in [2.45, 2.75) is 32.6 Å². The molecule has 0 saturated carbocycles. The molecule has 0 aromatic heterocycles. The van der Waals surface area contributed by atoms with Crippen LogP contribution < -0.4 is 0 Å². The highest BCUT2D eigenvalue weighted by molar-refractivity contribution is 6.21. The largest absolute Gasteiger partial charge is 0.300 e. The van der Waals surface area contributed by atoms with Crippen molar-refractivity contribution in [3.8, 4) is 0 Å². The molecule has 1 aliphatic rings. The van der Waals surface area contributed by atoms with Gasteiger partial charge in [0, 0.05) is 25.8 Å². The van der Waals surface area contributed by atoms with Gasteiger partial charge in [0.25, 0.3) is 11.8 Å². The van der Waals surface area contributed by atoms with Crippen LogP contribution in [-0.2, 0) is 9.59 Å². The summed E-state index contributed by atoms with van der Waals surface area (Å²) in [6, 6.07) is 6.71. The highest BCUT2D eigenvalue weighted by Gasteiger charge is 2.34. The van der Waals surface area contributed by atoms with Gasteiger partial charge in [-0.2, -0.15) is 0 Å². The van der Waals surface area contributed by atoms with E-state index in [1.807, 2.05) is 0 Å². The second-order valence-corrected chi connectivity index (χ2v) is 5.15. The zero-order valence-electron chi connectivity index (χ0n) is 11.9. The van der Waals surface area contributed by atoms with Crippen LogP contribution in [0, 0.1) is 0 Å². The lowest BCUT2D eigenvalue weighted by Crippen LogP contribution is -2.31. The number of benzene rings is 1. The van der Waals surface area contributed by atoms with Crippen molar-refractivity contribution in [2.75, 3.05) is 6.54 Å². The second-order valence-electron chi connectivity index (χ2n) is 5.15. The van der Waals surface area contributed by atoms with E-state index in [2.05, 4.69) is 0 Å². The number of carbonyl (C=O) groups is 4. The Bertz CT molecular complexity index is 571. The number of nitrogens with zero attached hydrogens (tertiary/aromatic N) is 1. The summed E-state index contributed by atoms with van der Waals surface area (Å²) in [5.41, 5.74) is 0.843. The van der Waals surface area contributed by atoms with Gasteiger partial charge in [0.1, 0.15) is 11.6 Å². The van der Waals surface area contributed by atoms with Gasteiger partial charge in [-0.3, -0.25) is 19.3 Å². The first kappa shape index (κ1) is 15.1. The molecule has 2 rings (SSSR count). The molecule has 5 heteroatoms. The number of ketones is 2. The fourth-order valence-corrected chi connectivity index (χ4v) is 2.32. The van der Waals surface area contributed by atoms with Gasteiger partial charge in [-0.05, 0) is 25.5 Å². The maximum absolute atomic E-state index is 12.1. The van der Waals surface area contributed by atoms with Crippen molar-refractivity contribution in [3.63, 3.8) is 0 Å². The predicted molar refractivity (Wildman–Crippen MR) is 76.0 cm³/mol. The number of fused-ring (bicyclic) bond motifs is 1. The molecule has 1 heterocycles. The van der Waals surface area contributed by atoms with E-state index in [0.29, 0.717) is 17.5 Å². The lowest BCUT2D eigenvalue weighted by Gasteiger charge is -2.13. The molecule has 0 unspecified atom stereocenters. The van der Waals surface area contributed by atoms with Crippen molar-refractivity contribution in [2.24, 2.45) is 0 Å². The van der Waals surface area contributed by atoms with Crippen LogP contribution in [0.1, 0.15) is 53.3 Å². The zero-order valence-corrected chi connectivity index (χ0v) is 11.9. The van der Waals surface area contributed by atoms with Crippen molar-refractivity contribution >= 4 is 23.4 Å². The van der Waals surface area contributed by atoms with Gasteiger partial charge in [-0.25, -0.2) is 0 Å². The normalized spacial score (nSPS) is 13.5. The first-order valence-electron chi connectivity index (χ1n) is 6.97. The van der Waals surface area contributed by atoms with Crippen molar-refractivity contribution in [1.29, 1.82) is 0 Å². The van der Waals surface area contributed by atoms with Crippen molar-refractivity contribution < 1.29 is 19.2 Å². The Labute approximate surface area is 122 Å². The lowest BCUT2D eigenvalue weighted by atomic mass is 10.1. The van der Waals surface area contributed by atoms with Crippen LogP contribution in [-0.4, -0.2) is 34.8 Å². The first-order chi connectivity index (χ1) is 10.0. The first-order valence-corrected chi connectivity index (χ1v) is 6.97. The maximum atomic E-state index is 12.1. The summed E-state index contributed by atoms with van der Waals surface area (Å²) >= 11 is 0. The van der Waals surface area contributed by atoms with Gasteiger partial charge in [0.15, 0.2) is 0 Å². The third kappa shape index (κ3) is 3.42. The van der Waals surface area contributed by atoms with Gasteiger partial charge in [0.2, 0.25) is 0 Å². The van der Waals surface area contributed by atoms with Crippen LogP contribution in [0.15, 0.2) is 24.3 Å². The van der Waals surface area contributed by atoms with E-state index in [4.69, 9.17) is 0 Å². The Hall–Kier alpha value is -2.30. The molecule has 21 heavy (non-hydrogen) atoms. The minimum Gasteiger partial charge on any atom is -0.300 e. The third-order valence-electron chi connectivity index (χ3n) is 3.47. The van der Waals surface area contributed by atoms with E-state index in [9.17, 15) is 19.2 Å². The predicted octanol–water partition coefficient (Wildman–Crippen LogP) is 2.00. The highest BCUT2D eigenvalue weighted by Crippen LogP contribution is 2.22. The van der Waals surface area contributed by atoms with Gasteiger partial charge in [-0.1, -0.05) is 12.1 Å². The molecule has 0 fully saturated rings. The lowest BCUT2D eigenvalue weighted by molar-refractivity contribution is -0.123. The van der Waals surface area contributed by atoms with E-state index in [0.717, 1.165) is 0 Å². The number of hydrogen-bond donors (Lipinski definition) is 0. The number of amides is 2. The minimum absolute atomic E-state index is 0.0105. The average Bonchev–Trinajstić information content (AvgIpc) is 2.70. The molecule has 0 radical (unpaired) electrons. The minimum atomic E-state index is -0.299. The Balaban J connectivity index is 1.85. The number of Topliss-reactive ketones (excluding diaryl/α,β-unsaturated/α-hetero) is 2. The number of imide groups is 1. The number of carbonyl (C=O) groups excluding carboxylic acids is 4. The van der Waals surface area contributed by atoms with Gasteiger partial charge < -0.3 is 4.79 Å². The summed E-state index contributed by atoms with van der Waals surface area (Å²) in [5, 5.41) is 0. The van der Waals surface area contributed by atoms with Crippen LogP contribution in [0.3, 0.4) is 0 Å². The van der Waals surface area contributed by atoms with Crippen LogP contribution in [0.2, 0.25) is 0 Å². The molecule has 0 spiro atoms. The summed E-state index contributed by atoms with van der Waals surface area (Å²) in [6.07, 6.45) is 1.20. The Morgan fingerprint density at radius 2 is 1.52 bits per heavy atom. The molecular weight excluding hydrogens is 270 g/mol. The van der Waals surface area contributed by atoms with Crippen LogP contribution in [0.5, 0.6) is 0 Å². The second kappa shape index (κ2) is 6.43. The monoisotopic (exact) mass is 287 g/mol. The fraction of sp³-hybridized carbons (Fsp3) is 0.375. The quantitative estimate of drug-likeness (QED) is 0.719. The molecule has 1 aliphatic heterocycles. The SMILES string of the molecule is CC(=O)CCC(=O)CCCN1C(=O)c2ccccc2C1=O. The molecule has 0 aliphatic carbocycles. The standard InChI is InChI=1S/C16H17NO4/c1-11(18)8-9-12(19)5-4-10-17-15(20)13-6-2-3-7-14(13)16(17)21/h2-3,6-7H,4-5,8-10H2,1H3. The molecule has 1 aromatic rings. The summed E-state index contributed by atoms with van der Waals surface area (Å²) in [7, 11) is 0. The average molecular weight is 287 g/mol. The number of hydrogen-bond acceptors (Lipinski definition) is 4. The van der Waals surface area contributed by atoms with E-state index < -0.39 is 0 Å². The third-order valence-corrected chi connectivity index (χ3v) is 3.47. The molecule has 0 atom stereocenters. The Kier molecular flexibility index (Phi) is 4.62. The van der Waals surface area contributed by atoms with Crippen LogP contribution in [0.25, 0.3) is 0 Å². The van der Waals surface area contributed by atoms with Crippen LogP contribution >= 0.6 is 0 Å². The van der Waals surface area contributed by atoms with Gasteiger partial charge in [0.05, 0.1) is 11.1 Å². The highest BCUT2D eigenvalue weighted by atomic mass is 16.2. The van der Waals surface area contributed by atoms with Gasteiger partial charge in [-0.15, -0.1) is 0 Å². The maximum Gasteiger partial charge on any atom is 0.261 e. The van der Waals surface area contributed by atoms with Crippen molar-refractivity contribution in [1.82, 2.24) is 4.90 Å². The summed E-state index contributed by atoms with van der Waals surface area (Å²) in [5.74, 6) is -0.621. The molecule has 1 aromatic carbocycles. The van der Waals surface area contributed by atoms with Crippen molar-refractivity contribution in [3.05, 3.63) is 35.4 Å². The molecular formula is C16H17NO4. The van der Waals surface area contributed by atoms with E-state index in [-0.39, 0.29) is 49.2 Å². The molecule has 0 N–H and O–H groups in total. The zero-order chi connectivity index (χ0) is 15.4. The smallest absolute Gasteiger partial charge is 0.261 e. The topological polar surface area (TPSA) is 71.5 Å². The number of rotatable bonds is 7. The summed E-state index contributed by atoms with van der Waals surface area (Å²) < 4.78 is 0. The van der Waals surface area contributed by atoms with E-state index in [1.165, 1.54) is 11.8 Å². The van der Waals surface area contributed by atoms with Gasteiger partial charge >= 0.3 is 0 Å². The Morgan fingerprint density at radius 1 is 0.952 bits per heavy atom. The van der Waals surface area contributed by atoms with Crippen LogP contribution in [0.4, 0.5) is 0 Å². The molecule has 0 bridgehead atoms. The molecule has 2 amide bonds. The molecule has 0 saturated heterocycles.